The molecule has 0 aromatic heterocycles. The summed E-state index contributed by atoms with van der Waals surface area (Å²) in [5, 5.41) is 0. The number of esters is 3. The third-order valence-electron chi connectivity index (χ3n) is 5.94. The third-order valence-corrected chi connectivity index (χ3v) is 5.94. The molecule has 2 rings (SSSR count). The second-order valence-corrected chi connectivity index (χ2v) is 8.89. The summed E-state index contributed by atoms with van der Waals surface area (Å²) in [6.07, 6.45) is 5.40. The molecule has 32 heavy (non-hydrogen) atoms. The summed E-state index contributed by atoms with van der Waals surface area (Å²) in [6.45, 7) is 11.6. The lowest BCUT2D eigenvalue weighted by atomic mass is 9.83. The molecule has 0 aromatic carbocycles. The van der Waals surface area contributed by atoms with E-state index in [9.17, 15) is 14.4 Å². The first-order valence-corrected chi connectivity index (χ1v) is 11.2. The van der Waals surface area contributed by atoms with Crippen molar-refractivity contribution in [3.63, 3.8) is 0 Å². The van der Waals surface area contributed by atoms with Gasteiger partial charge in [0.05, 0.1) is 13.2 Å². The van der Waals surface area contributed by atoms with Crippen LogP contribution in [0, 0.1) is 5.92 Å². The number of allylic oxidation sites excluding steroid dienone is 3. The lowest BCUT2D eigenvalue weighted by Gasteiger charge is -2.29. The zero-order valence-electron chi connectivity index (χ0n) is 19.9. The number of hydrogen-bond donors (Lipinski definition) is 0. The minimum absolute atomic E-state index is 0.00342. The number of ether oxygens (including phenoxy) is 4. The smallest absolute Gasteiger partial charge is 0.333 e. The van der Waals surface area contributed by atoms with E-state index in [0.29, 0.717) is 44.1 Å². The molecule has 7 heteroatoms. The van der Waals surface area contributed by atoms with Crippen molar-refractivity contribution < 1.29 is 33.3 Å². The van der Waals surface area contributed by atoms with Crippen LogP contribution >= 0.6 is 0 Å². The maximum Gasteiger partial charge on any atom is 0.333 e. The van der Waals surface area contributed by atoms with Crippen molar-refractivity contribution >= 4 is 17.9 Å². The van der Waals surface area contributed by atoms with Gasteiger partial charge >= 0.3 is 17.9 Å². The van der Waals surface area contributed by atoms with E-state index in [-0.39, 0.29) is 30.6 Å². The molecule has 1 aliphatic carbocycles. The molecule has 0 N–H and O–H groups in total. The highest BCUT2D eigenvalue weighted by Gasteiger charge is 2.64. The molecule has 1 aliphatic heterocycles. The largest absolute Gasteiger partial charge is 0.466 e. The van der Waals surface area contributed by atoms with Crippen molar-refractivity contribution in [1.29, 1.82) is 0 Å². The van der Waals surface area contributed by atoms with Crippen LogP contribution in [0.25, 0.3) is 0 Å². The molecule has 2 aliphatic rings. The van der Waals surface area contributed by atoms with Gasteiger partial charge in [-0.2, -0.15) is 0 Å². The second kappa shape index (κ2) is 11.5. The van der Waals surface area contributed by atoms with Gasteiger partial charge in [0.15, 0.2) is 5.60 Å². The zero-order valence-corrected chi connectivity index (χ0v) is 19.9. The van der Waals surface area contributed by atoms with Gasteiger partial charge in [-0.25, -0.2) is 9.59 Å². The summed E-state index contributed by atoms with van der Waals surface area (Å²) in [6, 6.07) is 0. The molecule has 0 aromatic rings. The van der Waals surface area contributed by atoms with Gasteiger partial charge in [-0.15, -0.1) is 0 Å². The lowest BCUT2D eigenvalue weighted by molar-refractivity contribution is -0.154. The zero-order chi connectivity index (χ0) is 23.9. The average molecular weight is 449 g/mol. The van der Waals surface area contributed by atoms with Crippen molar-refractivity contribution in [3.05, 3.63) is 35.5 Å². The van der Waals surface area contributed by atoms with Crippen molar-refractivity contribution in [2.75, 3.05) is 13.7 Å². The Bertz CT molecular complexity index is 790. The predicted octanol–water partition coefficient (Wildman–Crippen LogP) is 4.21. The van der Waals surface area contributed by atoms with E-state index in [0.717, 1.165) is 11.1 Å². The Morgan fingerprint density at radius 1 is 1.28 bits per heavy atom. The lowest BCUT2D eigenvalue weighted by Crippen LogP contribution is -2.42. The fourth-order valence-corrected chi connectivity index (χ4v) is 4.01. The summed E-state index contributed by atoms with van der Waals surface area (Å²) in [5.74, 6) is -1.18. The quantitative estimate of drug-likeness (QED) is 0.181. The van der Waals surface area contributed by atoms with E-state index in [1.54, 1.807) is 0 Å². The Balaban J connectivity index is 2.36. The van der Waals surface area contributed by atoms with Crippen LogP contribution in [-0.2, 0) is 33.3 Å². The van der Waals surface area contributed by atoms with Crippen LogP contribution in [-0.4, -0.2) is 49.4 Å². The van der Waals surface area contributed by atoms with Crippen molar-refractivity contribution in [2.24, 2.45) is 5.92 Å². The SMILES string of the molecule is C=C(C)[C@H]1C/C=C(\C(=O)OC)CC[C@H]2O[C@]2(COC(=O)CCC)[C@@H](OC(=O)C=C(C)C)C1. The highest BCUT2D eigenvalue weighted by Crippen LogP contribution is 2.48. The Morgan fingerprint density at radius 2 is 2.00 bits per heavy atom. The van der Waals surface area contributed by atoms with Crippen LogP contribution < -0.4 is 0 Å². The first-order chi connectivity index (χ1) is 15.1. The van der Waals surface area contributed by atoms with Crippen LogP contribution in [0.3, 0.4) is 0 Å². The van der Waals surface area contributed by atoms with E-state index >= 15 is 0 Å². The Hall–Kier alpha value is -2.41. The molecule has 1 saturated heterocycles. The summed E-state index contributed by atoms with van der Waals surface area (Å²) < 4.78 is 22.4. The van der Waals surface area contributed by atoms with Crippen LogP contribution in [0.1, 0.15) is 66.2 Å². The summed E-state index contributed by atoms with van der Waals surface area (Å²) in [7, 11) is 1.36. The minimum Gasteiger partial charge on any atom is -0.466 e. The molecule has 0 radical (unpaired) electrons. The Labute approximate surface area is 190 Å². The summed E-state index contributed by atoms with van der Waals surface area (Å²) in [5.41, 5.74) is 1.39. The molecule has 178 valence electrons. The monoisotopic (exact) mass is 448 g/mol. The highest BCUT2D eigenvalue weighted by molar-refractivity contribution is 5.88. The molecule has 0 amide bonds. The number of hydrogen-bond acceptors (Lipinski definition) is 7. The minimum atomic E-state index is -0.930. The van der Waals surface area contributed by atoms with E-state index in [1.807, 2.05) is 33.8 Å². The first kappa shape index (κ1) is 25.8. The van der Waals surface area contributed by atoms with Crippen LogP contribution in [0.5, 0.6) is 0 Å². The van der Waals surface area contributed by atoms with E-state index in [2.05, 4.69) is 6.58 Å². The molecule has 1 fully saturated rings. The van der Waals surface area contributed by atoms with Gasteiger partial charge in [0.25, 0.3) is 0 Å². The maximum absolute atomic E-state index is 12.5. The number of fused-ring (bicyclic) bond motifs is 1. The molecule has 0 saturated carbocycles. The molecule has 4 atom stereocenters. The third kappa shape index (κ3) is 6.79. The van der Waals surface area contributed by atoms with Crippen LogP contribution in [0.15, 0.2) is 35.5 Å². The van der Waals surface area contributed by atoms with E-state index in [4.69, 9.17) is 18.9 Å². The number of methoxy groups -OCH3 is 1. The molecular weight excluding hydrogens is 412 g/mol. The second-order valence-electron chi connectivity index (χ2n) is 8.89. The topological polar surface area (TPSA) is 91.4 Å². The number of carbonyl (C=O) groups excluding carboxylic acids is 3. The van der Waals surface area contributed by atoms with Crippen molar-refractivity contribution in [1.82, 2.24) is 0 Å². The molecular formula is C25H36O7. The van der Waals surface area contributed by atoms with Gasteiger partial charge in [0, 0.05) is 18.1 Å². The molecule has 7 nitrogen and oxygen atoms in total. The molecule has 0 unspecified atom stereocenters. The van der Waals surface area contributed by atoms with Gasteiger partial charge in [-0.1, -0.05) is 30.7 Å². The fraction of sp³-hybridized carbons (Fsp3) is 0.640. The fourth-order valence-electron chi connectivity index (χ4n) is 4.01. The maximum atomic E-state index is 12.5. The average Bonchev–Trinajstić information content (AvgIpc) is 3.43. The number of epoxide rings is 1. The summed E-state index contributed by atoms with van der Waals surface area (Å²) in [4.78, 5) is 36.8. The predicted molar refractivity (Wildman–Crippen MR) is 120 cm³/mol. The van der Waals surface area contributed by atoms with Gasteiger partial charge in [-0.3, -0.25) is 4.79 Å². The number of rotatable bonds is 8. The van der Waals surface area contributed by atoms with Crippen LogP contribution in [0.2, 0.25) is 0 Å². The van der Waals surface area contributed by atoms with Gasteiger partial charge in [0.2, 0.25) is 0 Å². The van der Waals surface area contributed by atoms with Gasteiger partial charge in [-0.05, 0) is 58.8 Å². The normalized spacial score (nSPS) is 28.8. The van der Waals surface area contributed by atoms with Crippen LogP contribution in [0.4, 0.5) is 0 Å². The Morgan fingerprint density at radius 3 is 2.59 bits per heavy atom. The van der Waals surface area contributed by atoms with Gasteiger partial charge < -0.3 is 18.9 Å². The standard InChI is InChI=1S/C25H36O7/c1-7-8-22(26)30-15-25-20(32-25)12-11-18(24(28)29-6)9-10-19(17(4)5)14-21(25)31-23(27)13-16(2)3/h9,13,19-21H,4,7-8,10-12,14-15H2,1-3,5-6H3/b18-9-/t19-,20+,21-,25-/m0/s1. The summed E-state index contributed by atoms with van der Waals surface area (Å²) >= 11 is 0. The molecule has 1 heterocycles. The van der Waals surface area contributed by atoms with Crippen molar-refractivity contribution in [2.45, 2.75) is 84.0 Å². The van der Waals surface area contributed by atoms with E-state index in [1.165, 1.54) is 13.2 Å². The van der Waals surface area contributed by atoms with Gasteiger partial charge in [0.1, 0.15) is 12.7 Å². The Kier molecular flexibility index (Phi) is 9.25. The van der Waals surface area contributed by atoms with E-state index < -0.39 is 17.7 Å². The first-order valence-electron chi connectivity index (χ1n) is 11.2. The number of carbonyl (C=O) groups is 3. The highest BCUT2D eigenvalue weighted by atomic mass is 16.7. The molecule has 0 spiro atoms. The molecule has 0 bridgehead atoms. The van der Waals surface area contributed by atoms with Crippen molar-refractivity contribution in [3.8, 4) is 0 Å².